The third-order valence-corrected chi connectivity index (χ3v) is 2.91. The van der Waals surface area contributed by atoms with E-state index in [0.29, 0.717) is 0 Å². The highest BCUT2D eigenvalue weighted by Gasteiger charge is 2.20. The van der Waals surface area contributed by atoms with Crippen LogP contribution in [-0.4, -0.2) is 17.8 Å². The highest BCUT2D eigenvalue weighted by molar-refractivity contribution is 5.21. The minimum Gasteiger partial charge on any atom is -0.495 e. The number of hydrogen-bond acceptors (Lipinski definition) is 2. The molecule has 1 N–H and O–H groups in total. The van der Waals surface area contributed by atoms with Crippen molar-refractivity contribution in [3.05, 3.63) is 23.5 Å². The lowest BCUT2D eigenvalue weighted by Gasteiger charge is -2.23. The second-order valence-electron chi connectivity index (χ2n) is 4.02. The summed E-state index contributed by atoms with van der Waals surface area (Å²) < 4.78 is 5.46. The van der Waals surface area contributed by atoms with Gasteiger partial charge in [-0.1, -0.05) is 6.08 Å². The fraction of sp³-hybridized carbons (Fsp3) is 0.667. The maximum atomic E-state index is 10.0. The Labute approximate surface area is 85.3 Å². The van der Waals surface area contributed by atoms with E-state index >= 15 is 0 Å². The summed E-state index contributed by atoms with van der Waals surface area (Å²) in [6.07, 6.45) is 10.5. The summed E-state index contributed by atoms with van der Waals surface area (Å²) in [5, 5.41) is 10.0. The van der Waals surface area contributed by atoms with Gasteiger partial charge in [0.1, 0.15) is 11.9 Å². The third kappa shape index (κ3) is 2.18. The van der Waals surface area contributed by atoms with Crippen LogP contribution in [0.25, 0.3) is 0 Å². The Bertz CT molecular complexity index is 227. The molecule has 0 aromatic heterocycles. The summed E-state index contributed by atoms with van der Waals surface area (Å²) >= 11 is 0. The van der Waals surface area contributed by atoms with Crippen molar-refractivity contribution in [2.24, 2.45) is 0 Å². The van der Waals surface area contributed by atoms with Crippen molar-refractivity contribution >= 4 is 0 Å². The van der Waals surface area contributed by atoms with Crippen LogP contribution in [0.5, 0.6) is 0 Å². The largest absolute Gasteiger partial charge is 0.495 e. The molecule has 0 amide bonds. The third-order valence-electron chi connectivity index (χ3n) is 2.91. The Morgan fingerprint density at radius 2 is 2.00 bits per heavy atom. The number of aliphatic hydroxyl groups excluding tert-OH is 1. The van der Waals surface area contributed by atoms with Crippen molar-refractivity contribution in [1.29, 1.82) is 0 Å². The molecule has 1 aliphatic heterocycles. The normalized spacial score (nSPS) is 24.6. The molecule has 0 fully saturated rings. The standard InChI is InChI=1S/C12H18O2/c13-12(10-6-2-1-3-7-10)11-8-4-5-9-14-11/h6,8,12-13H,1-5,7,9H2. The number of aliphatic hydroxyl groups is 1. The van der Waals surface area contributed by atoms with Crippen LogP contribution in [-0.2, 0) is 4.74 Å². The van der Waals surface area contributed by atoms with Crippen LogP contribution in [0.15, 0.2) is 23.5 Å². The average Bonchev–Trinajstić information content (AvgIpc) is 2.30. The van der Waals surface area contributed by atoms with E-state index in [9.17, 15) is 5.11 Å². The van der Waals surface area contributed by atoms with Crippen LogP contribution in [0.3, 0.4) is 0 Å². The Balaban J connectivity index is 2.02. The zero-order valence-electron chi connectivity index (χ0n) is 8.54. The Kier molecular flexibility index (Phi) is 3.25. The van der Waals surface area contributed by atoms with Crippen molar-refractivity contribution in [3.63, 3.8) is 0 Å². The van der Waals surface area contributed by atoms with Crippen LogP contribution < -0.4 is 0 Å². The zero-order chi connectivity index (χ0) is 9.80. The minimum atomic E-state index is -0.462. The lowest BCUT2D eigenvalue weighted by atomic mass is 9.94. The molecule has 0 aromatic rings. The maximum Gasteiger partial charge on any atom is 0.132 e. The van der Waals surface area contributed by atoms with Crippen molar-refractivity contribution in [2.75, 3.05) is 6.61 Å². The predicted octanol–water partition coefficient (Wildman–Crippen LogP) is 2.54. The first-order chi connectivity index (χ1) is 6.88. The molecule has 0 bridgehead atoms. The van der Waals surface area contributed by atoms with E-state index in [0.717, 1.165) is 43.6 Å². The van der Waals surface area contributed by atoms with Crippen LogP contribution in [0.4, 0.5) is 0 Å². The summed E-state index contributed by atoms with van der Waals surface area (Å²) in [5.74, 6) is 0.782. The molecule has 78 valence electrons. The van der Waals surface area contributed by atoms with E-state index in [1.807, 2.05) is 6.08 Å². The van der Waals surface area contributed by atoms with Crippen molar-refractivity contribution < 1.29 is 9.84 Å². The molecule has 0 saturated heterocycles. The molecule has 2 nitrogen and oxygen atoms in total. The fourth-order valence-corrected chi connectivity index (χ4v) is 2.06. The second-order valence-corrected chi connectivity index (χ2v) is 4.02. The molecule has 2 heteroatoms. The first kappa shape index (κ1) is 9.78. The van der Waals surface area contributed by atoms with Gasteiger partial charge >= 0.3 is 0 Å². The van der Waals surface area contributed by atoms with E-state index < -0.39 is 6.10 Å². The minimum absolute atomic E-state index is 0.462. The van der Waals surface area contributed by atoms with E-state index in [1.165, 1.54) is 12.8 Å². The van der Waals surface area contributed by atoms with Gasteiger partial charge in [-0.05, 0) is 50.2 Å². The fourth-order valence-electron chi connectivity index (χ4n) is 2.06. The van der Waals surface area contributed by atoms with Gasteiger partial charge in [0.25, 0.3) is 0 Å². The molecule has 2 aliphatic rings. The number of ether oxygens (including phenoxy) is 1. The molecule has 1 atom stereocenters. The first-order valence-corrected chi connectivity index (χ1v) is 5.58. The van der Waals surface area contributed by atoms with Crippen molar-refractivity contribution in [1.82, 2.24) is 0 Å². The molecule has 0 aromatic carbocycles. The molecule has 1 heterocycles. The highest BCUT2D eigenvalue weighted by Crippen LogP contribution is 2.26. The Hall–Kier alpha value is -0.760. The van der Waals surface area contributed by atoms with Crippen LogP contribution in [0.1, 0.15) is 38.5 Å². The van der Waals surface area contributed by atoms with Crippen molar-refractivity contribution in [2.45, 2.75) is 44.6 Å². The maximum absolute atomic E-state index is 10.0. The Morgan fingerprint density at radius 3 is 2.64 bits per heavy atom. The zero-order valence-corrected chi connectivity index (χ0v) is 8.54. The molecule has 1 unspecified atom stereocenters. The lowest BCUT2D eigenvalue weighted by Crippen LogP contribution is -2.19. The summed E-state index contributed by atoms with van der Waals surface area (Å²) in [7, 11) is 0. The summed E-state index contributed by atoms with van der Waals surface area (Å²) in [5.41, 5.74) is 1.16. The monoisotopic (exact) mass is 194 g/mol. The average molecular weight is 194 g/mol. The van der Waals surface area contributed by atoms with E-state index in [2.05, 4.69) is 6.08 Å². The van der Waals surface area contributed by atoms with E-state index in [-0.39, 0.29) is 0 Å². The predicted molar refractivity (Wildman–Crippen MR) is 55.8 cm³/mol. The molecule has 0 radical (unpaired) electrons. The summed E-state index contributed by atoms with van der Waals surface area (Å²) in [6, 6.07) is 0. The number of rotatable bonds is 2. The SMILES string of the molecule is OC(C1=CCCCC1)C1=CCCCO1. The smallest absolute Gasteiger partial charge is 0.132 e. The van der Waals surface area contributed by atoms with E-state index in [4.69, 9.17) is 4.74 Å². The van der Waals surface area contributed by atoms with Crippen LogP contribution >= 0.6 is 0 Å². The summed E-state index contributed by atoms with van der Waals surface area (Å²) in [6.45, 7) is 0.760. The van der Waals surface area contributed by atoms with E-state index in [1.54, 1.807) is 0 Å². The molecule has 0 spiro atoms. The molecule has 2 rings (SSSR count). The molecular weight excluding hydrogens is 176 g/mol. The number of allylic oxidation sites excluding steroid dienone is 2. The van der Waals surface area contributed by atoms with Gasteiger partial charge in [-0.3, -0.25) is 0 Å². The molecular formula is C12H18O2. The van der Waals surface area contributed by atoms with Gasteiger partial charge in [0, 0.05) is 0 Å². The highest BCUT2D eigenvalue weighted by atomic mass is 16.5. The van der Waals surface area contributed by atoms with Gasteiger partial charge in [0.15, 0.2) is 0 Å². The van der Waals surface area contributed by atoms with Gasteiger partial charge in [0.2, 0.25) is 0 Å². The van der Waals surface area contributed by atoms with Crippen LogP contribution in [0, 0.1) is 0 Å². The van der Waals surface area contributed by atoms with Gasteiger partial charge in [0.05, 0.1) is 6.61 Å². The molecule has 14 heavy (non-hydrogen) atoms. The van der Waals surface area contributed by atoms with Gasteiger partial charge in [-0.2, -0.15) is 0 Å². The van der Waals surface area contributed by atoms with Crippen LogP contribution in [0.2, 0.25) is 0 Å². The molecule has 0 saturated carbocycles. The van der Waals surface area contributed by atoms with Gasteiger partial charge < -0.3 is 9.84 Å². The first-order valence-electron chi connectivity index (χ1n) is 5.58. The van der Waals surface area contributed by atoms with Gasteiger partial charge in [-0.15, -0.1) is 0 Å². The number of hydrogen-bond donors (Lipinski definition) is 1. The van der Waals surface area contributed by atoms with Crippen molar-refractivity contribution in [3.8, 4) is 0 Å². The Morgan fingerprint density at radius 1 is 1.14 bits per heavy atom. The quantitative estimate of drug-likeness (QED) is 0.684. The summed E-state index contributed by atoms with van der Waals surface area (Å²) in [4.78, 5) is 0. The topological polar surface area (TPSA) is 29.5 Å². The van der Waals surface area contributed by atoms with Gasteiger partial charge in [-0.25, -0.2) is 0 Å². The second kappa shape index (κ2) is 4.65. The molecule has 1 aliphatic carbocycles. The lowest BCUT2D eigenvalue weighted by molar-refractivity contribution is 0.107.